The number of nitrogens with zero attached hydrogens (tertiary/aromatic N) is 2. The Balaban J connectivity index is 1.69. The lowest BCUT2D eigenvalue weighted by Crippen LogP contribution is -2.04. The third kappa shape index (κ3) is 4.07. The van der Waals surface area contributed by atoms with E-state index >= 15 is 0 Å². The molecule has 0 amide bonds. The van der Waals surface area contributed by atoms with Gasteiger partial charge in [-0.05, 0) is 43.2 Å². The summed E-state index contributed by atoms with van der Waals surface area (Å²) in [4.78, 5) is 8.60. The lowest BCUT2D eigenvalue weighted by Gasteiger charge is -2.10. The molecule has 1 aromatic heterocycles. The second kappa shape index (κ2) is 7.08. The smallest absolute Gasteiger partial charge is 0.229 e. The van der Waals surface area contributed by atoms with Crippen LogP contribution in [0.25, 0.3) is 0 Å². The van der Waals surface area contributed by atoms with Gasteiger partial charge in [0.05, 0.1) is 0 Å². The molecule has 0 fully saturated rings. The number of rotatable bonds is 5. The van der Waals surface area contributed by atoms with Gasteiger partial charge in [-0.15, -0.1) is 0 Å². The molecule has 1 heterocycles. The van der Waals surface area contributed by atoms with E-state index < -0.39 is 0 Å². The van der Waals surface area contributed by atoms with Crippen molar-refractivity contribution in [2.24, 2.45) is 0 Å². The van der Waals surface area contributed by atoms with E-state index in [4.69, 9.17) is 0 Å². The van der Waals surface area contributed by atoms with Gasteiger partial charge in [-0.25, -0.2) is 9.37 Å². The Bertz CT molecular complexity index is 831. The van der Waals surface area contributed by atoms with E-state index in [2.05, 4.69) is 51.8 Å². The minimum absolute atomic E-state index is 0.295. The normalized spacial score (nSPS) is 10.5. The molecule has 3 aromatic rings. The second-order valence-corrected chi connectivity index (χ2v) is 5.69. The summed E-state index contributed by atoms with van der Waals surface area (Å²) in [7, 11) is 0. The maximum Gasteiger partial charge on any atom is 0.229 e. The Morgan fingerprint density at radius 1 is 1.00 bits per heavy atom. The van der Waals surface area contributed by atoms with E-state index in [1.165, 1.54) is 23.3 Å². The van der Waals surface area contributed by atoms with E-state index in [0.29, 0.717) is 24.0 Å². The van der Waals surface area contributed by atoms with Crippen LogP contribution in [0.15, 0.2) is 54.7 Å². The first-order valence-corrected chi connectivity index (χ1v) is 7.76. The van der Waals surface area contributed by atoms with E-state index in [-0.39, 0.29) is 5.82 Å². The van der Waals surface area contributed by atoms with Gasteiger partial charge in [-0.2, -0.15) is 4.98 Å². The summed E-state index contributed by atoms with van der Waals surface area (Å²) in [6.45, 7) is 4.64. The van der Waals surface area contributed by atoms with Crippen LogP contribution < -0.4 is 10.6 Å². The van der Waals surface area contributed by atoms with Crippen molar-refractivity contribution in [3.05, 3.63) is 77.2 Å². The van der Waals surface area contributed by atoms with Gasteiger partial charge in [0.15, 0.2) is 0 Å². The van der Waals surface area contributed by atoms with Crippen LogP contribution in [0.3, 0.4) is 0 Å². The molecule has 0 aliphatic rings. The van der Waals surface area contributed by atoms with Crippen LogP contribution >= 0.6 is 0 Å². The Hall–Kier alpha value is -2.95. The van der Waals surface area contributed by atoms with Crippen LogP contribution in [0, 0.1) is 19.7 Å². The fourth-order valence-electron chi connectivity index (χ4n) is 2.27. The Kier molecular flexibility index (Phi) is 4.70. The molecule has 0 aliphatic heterocycles. The van der Waals surface area contributed by atoms with E-state index in [9.17, 15) is 4.39 Å². The number of hydrogen-bond acceptors (Lipinski definition) is 4. The standard InChI is InChI=1S/C19H19FN4/c1-13-3-6-15(7-4-13)12-22-18-9-10-21-19(24-18)23-17-11-16(20)8-5-14(17)2/h3-11H,12H2,1-2H3,(H2,21,22,23,24). The number of benzene rings is 2. The summed E-state index contributed by atoms with van der Waals surface area (Å²) in [6, 6.07) is 14.7. The number of anilines is 3. The molecule has 0 radical (unpaired) electrons. The highest BCUT2D eigenvalue weighted by Gasteiger charge is 2.04. The number of aromatic nitrogens is 2. The molecule has 0 saturated carbocycles. The molecule has 0 atom stereocenters. The summed E-state index contributed by atoms with van der Waals surface area (Å²) in [5, 5.41) is 6.32. The Labute approximate surface area is 140 Å². The topological polar surface area (TPSA) is 49.8 Å². The van der Waals surface area contributed by atoms with Crippen LogP contribution in [0.1, 0.15) is 16.7 Å². The highest BCUT2D eigenvalue weighted by molar-refractivity contribution is 5.59. The lowest BCUT2D eigenvalue weighted by atomic mass is 10.1. The van der Waals surface area contributed by atoms with E-state index in [1.54, 1.807) is 18.3 Å². The summed E-state index contributed by atoms with van der Waals surface area (Å²) >= 11 is 0. The van der Waals surface area contributed by atoms with Crippen LogP contribution in [0.4, 0.5) is 21.8 Å². The fourth-order valence-corrected chi connectivity index (χ4v) is 2.27. The first-order valence-electron chi connectivity index (χ1n) is 7.76. The predicted octanol–water partition coefficient (Wildman–Crippen LogP) is 4.59. The summed E-state index contributed by atoms with van der Waals surface area (Å²) in [5.74, 6) is 0.844. The molecule has 0 unspecified atom stereocenters. The molecule has 0 spiro atoms. The number of aryl methyl sites for hydroxylation is 2. The molecular weight excluding hydrogens is 303 g/mol. The van der Waals surface area contributed by atoms with Gasteiger partial charge >= 0.3 is 0 Å². The third-order valence-electron chi connectivity index (χ3n) is 3.70. The number of halogens is 1. The van der Waals surface area contributed by atoms with E-state index in [0.717, 1.165) is 5.56 Å². The van der Waals surface area contributed by atoms with Crippen molar-refractivity contribution >= 4 is 17.5 Å². The maximum atomic E-state index is 13.4. The average Bonchev–Trinajstić information content (AvgIpc) is 2.58. The second-order valence-electron chi connectivity index (χ2n) is 5.69. The van der Waals surface area contributed by atoms with Crippen molar-refractivity contribution in [3.8, 4) is 0 Å². The lowest BCUT2D eigenvalue weighted by molar-refractivity contribution is 0.628. The van der Waals surface area contributed by atoms with Gasteiger partial charge in [0, 0.05) is 18.4 Å². The van der Waals surface area contributed by atoms with Crippen molar-refractivity contribution in [3.63, 3.8) is 0 Å². The first-order chi connectivity index (χ1) is 11.6. The Morgan fingerprint density at radius 2 is 1.79 bits per heavy atom. The van der Waals surface area contributed by atoms with Crippen LogP contribution in [0.2, 0.25) is 0 Å². The van der Waals surface area contributed by atoms with Gasteiger partial charge in [-0.3, -0.25) is 0 Å². The molecule has 24 heavy (non-hydrogen) atoms. The third-order valence-corrected chi connectivity index (χ3v) is 3.70. The number of nitrogens with one attached hydrogen (secondary N) is 2. The molecular formula is C19H19FN4. The molecule has 2 aromatic carbocycles. The van der Waals surface area contributed by atoms with Gasteiger partial charge in [-0.1, -0.05) is 35.9 Å². The Morgan fingerprint density at radius 3 is 2.58 bits per heavy atom. The van der Waals surface area contributed by atoms with Crippen molar-refractivity contribution in [2.75, 3.05) is 10.6 Å². The number of hydrogen-bond donors (Lipinski definition) is 2. The molecule has 0 aliphatic carbocycles. The summed E-state index contributed by atoms with van der Waals surface area (Å²) < 4.78 is 13.4. The zero-order valence-electron chi connectivity index (χ0n) is 13.7. The summed E-state index contributed by atoms with van der Waals surface area (Å²) in [5.41, 5.74) is 4.00. The quantitative estimate of drug-likeness (QED) is 0.721. The SMILES string of the molecule is Cc1ccc(CNc2ccnc(Nc3cc(F)ccc3C)n2)cc1. The first kappa shape index (κ1) is 15.9. The highest BCUT2D eigenvalue weighted by atomic mass is 19.1. The molecule has 5 heteroatoms. The van der Waals surface area contributed by atoms with Crippen LogP contribution in [-0.2, 0) is 6.54 Å². The van der Waals surface area contributed by atoms with Crippen LogP contribution in [0.5, 0.6) is 0 Å². The predicted molar refractivity (Wildman–Crippen MR) is 95.0 cm³/mol. The average molecular weight is 322 g/mol. The zero-order chi connectivity index (χ0) is 16.9. The van der Waals surface area contributed by atoms with Crippen LogP contribution in [-0.4, -0.2) is 9.97 Å². The van der Waals surface area contributed by atoms with Crippen molar-refractivity contribution in [1.82, 2.24) is 9.97 Å². The summed E-state index contributed by atoms with van der Waals surface area (Å²) in [6.07, 6.45) is 1.67. The minimum Gasteiger partial charge on any atom is -0.366 e. The molecule has 4 nitrogen and oxygen atoms in total. The van der Waals surface area contributed by atoms with Crippen molar-refractivity contribution in [2.45, 2.75) is 20.4 Å². The zero-order valence-corrected chi connectivity index (χ0v) is 13.7. The minimum atomic E-state index is -0.295. The highest BCUT2D eigenvalue weighted by Crippen LogP contribution is 2.20. The molecule has 3 rings (SSSR count). The molecule has 0 bridgehead atoms. The fraction of sp³-hybridized carbons (Fsp3) is 0.158. The van der Waals surface area contributed by atoms with Gasteiger partial charge < -0.3 is 10.6 Å². The van der Waals surface area contributed by atoms with Crippen molar-refractivity contribution in [1.29, 1.82) is 0 Å². The van der Waals surface area contributed by atoms with E-state index in [1.807, 2.05) is 6.92 Å². The molecule has 2 N–H and O–H groups in total. The van der Waals surface area contributed by atoms with Gasteiger partial charge in [0.2, 0.25) is 5.95 Å². The van der Waals surface area contributed by atoms with Gasteiger partial charge in [0.1, 0.15) is 11.6 Å². The molecule has 122 valence electrons. The van der Waals surface area contributed by atoms with Crippen molar-refractivity contribution < 1.29 is 4.39 Å². The monoisotopic (exact) mass is 322 g/mol. The largest absolute Gasteiger partial charge is 0.366 e. The maximum absolute atomic E-state index is 13.4. The molecule has 0 saturated heterocycles. The van der Waals surface area contributed by atoms with Gasteiger partial charge in [0.25, 0.3) is 0 Å².